The highest BCUT2D eigenvalue weighted by Gasteiger charge is 2.54. The topological polar surface area (TPSA) is 53.1 Å². The Morgan fingerprint density at radius 3 is 2.21 bits per heavy atom. The van der Waals surface area contributed by atoms with Gasteiger partial charge in [-0.3, -0.25) is 9.69 Å². The van der Waals surface area contributed by atoms with Crippen LogP contribution in [0.1, 0.15) is 50.2 Å². The van der Waals surface area contributed by atoms with Gasteiger partial charge in [0.1, 0.15) is 5.75 Å². The fourth-order valence-electron chi connectivity index (χ4n) is 5.78. The summed E-state index contributed by atoms with van der Waals surface area (Å²) in [5.41, 5.74) is 2.03. The van der Waals surface area contributed by atoms with Crippen LogP contribution >= 0.6 is 0 Å². The zero-order chi connectivity index (χ0) is 24.3. The van der Waals surface area contributed by atoms with Gasteiger partial charge in [-0.05, 0) is 63.0 Å². The van der Waals surface area contributed by atoms with Gasteiger partial charge in [0.15, 0.2) is 5.78 Å². The molecular weight excluding hydrogens is 426 g/mol. The zero-order valence-electron chi connectivity index (χ0n) is 20.9. The van der Waals surface area contributed by atoms with E-state index in [9.17, 15) is 9.59 Å². The summed E-state index contributed by atoms with van der Waals surface area (Å²) in [7, 11) is 5.95. The molecule has 0 atom stereocenters. The van der Waals surface area contributed by atoms with Crippen LogP contribution in [-0.4, -0.2) is 66.3 Å². The summed E-state index contributed by atoms with van der Waals surface area (Å²) in [5, 5.41) is 0. The number of methoxy groups -OCH3 is 1. The molecule has 2 aromatic carbocycles. The van der Waals surface area contributed by atoms with Crippen molar-refractivity contribution >= 4 is 11.8 Å². The van der Waals surface area contributed by atoms with Crippen LogP contribution in [-0.2, 0) is 16.9 Å². The van der Waals surface area contributed by atoms with Gasteiger partial charge in [0, 0.05) is 25.0 Å². The molecule has 0 N–H and O–H groups in total. The molecule has 4 rings (SSSR count). The summed E-state index contributed by atoms with van der Waals surface area (Å²) in [5.74, 6) is 0.919. The molecule has 6 heteroatoms. The third-order valence-electron chi connectivity index (χ3n) is 8.00. The Morgan fingerprint density at radius 1 is 1.00 bits per heavy atom. The number of rotatable bonds is 8. The van der Waals surface area contributed by atoms with Gasteiger partial charge in [0.2, 0.25) is 0 Å². The Hall–Kier alpha value is -2.86. The lowest BCUT2D eigenvalue weighted by Crippen LogP contribution is -2.56. The van der Waals surface area contributed by atoms with E-state index in [4.69, 9.17) is 4.74 Å². The lowest BCUT2D eigenvalue weighted by atomic mass is 9.68. The minimum atomic E-state index is -0.303. The average Bonchev–Trinajstić information content (AvgIpc) is 3.10. The summed E-state index contributed by atoms with van der Waals surface area (Å²) in [4.78, 5) is 32.2. The number of ether oxygens (including phenoxy) is 1. The summed E-state index contributed by atoms with van der Waals surface area (Å²) in [6, 6.07) is 18.5. The third-order valence-corrected chi connectivity index (χ3v) is 8.00. The molecule has 34 heavy (non-hydrogen) atoms. The van der Waals surface area contributed by atoms with Crippen molar-refractivity contribution in [3.63, 3.8) is 0 Å². The Kier molecular flexibility index (Phi) is 6.99. The van der Waals surface area contributed by atoms with Crippen molar-refractivity contribution in [1.82, 2.24) is 14.7 Å². The van der Waals surface area contributed by atoms with Gasteiger partial charge in [0.05, 0.1) is 19.2 Å². The highest BCUT2D eigenvalue weighted by Crippen LogP contribution is 2.49. The first-order valence-electron chi connectivity index (χ1n) is 12.3. The van der Waals surface area contributed by atoms with E-state index in [1.165, 1.54) is 5.56 Å². The van der Waals surface area contributed by atoms with Gasteiger partial charge in [-0.25, -0.2) is 4.79 Å². The van der Waals surface area contributed by atoms with Gasteiger partial charge in [-0.2, -0.15) is 0 Å². The number of amides is 2. The van der Waals surface area contributed by atoms with E-state index in [0.717, 1.165) is 37.0 Å². The predicted octanol–water partition coefficient (Wildman–Crippen LogP) is 4.68. The standard InChI is InChI=1S/C28H37N3O3/c1-5-24(32)20-31-26(33)30(19-22-11-13-25(34-4)14-12-22)21-27(31)15-17-28(18-16-27,29(2)3)23-9-7-6-8-10-23/h6-14H,5,15-21H2,1-4H3. The second kappa shape index (κ2) is 9.79. The number of ketones is 1. The Bertz CT molecular complexity index is 995. The molecule has 6 nitrogen and oxygen atoms in total. The van der Waals surface area contributed by atoms with Crippen molar-refractivity contribution in [2.75, 3.05) is 34.3 Å². The summed E-state index contributed by atoms with van der Waals surface area (Å²) in [6.45, 7) is 3.28. The fraction of sp³-hybridized carbons (Fsp3) is 0.500. The van der Waals surface area contributed by atoms with Crippen LogP contribution in [0.15, 0.2) is 54.6 Å². The number of benzene rings is 2. The zero-order valence-corrected chi connectivity index (χ0v) is 20.9. The summed E-state index contributed by atoms with van der Waals surface area (Å²) in [6.07, 6.45) is 4.10. The molecule has 0 bridgehead atoms. The second-order valence-corrected chi connectivity index (χ2v) is 9.98. The molecule has 1 saturated carbocycles. The molecule has 2 aromatic rings. The van der Waals surface area contributed by atoms with E-state index in [1.807, 2.05) is 41.0 Å². The number of nitrogens with zero attached hydrogens (tertiary/aromatic N) is 3. The van der Waals surface area contributed by atoms with Crippen molar-refractivity contribution in [2.45, 2.75) is 56.7 Å². The molecule has 2 amide bonds. The highest BCUT2D eigenvalue weighted by atomic mass is 16.5. The molecule has 1 aliphatic heterocycles. The molecule has 0 unspecified atom stereocenters. The van der Waals surface area contributed by atoms with Crippen LogP contribution in [0.4, 0.5) is 4.79 Å². The van der Waals surface area contributed by atoms with E-state index in [2.05, 4.69) is 49.3 Å². The molecule has 182 valence electrons. The fourth-order valence-corrected chi connectivity index (χ4v) is 5.78. The number of Topliss-reactive ketones (excluding diaryl/α,β-unsaturated/α-hetero) is 1. The normalized spacial score (nSPS) is 24.8. The van der Waals surface area contributed by atoms with Crippen LogP contribution in [0.3, 0.4) is 0 Å². The van der Waals surface area contributed by atoms with Gasteiger partial charge in [0.25, 0.3) is 0 Å². The largest absolute Gasteiger partial charge is 0.497 e. The smallest absolute Gasteiger partial charge is 0.321 e. The first-order valence-corrected chi connectivity index (χ1v) is 12.3. The Morgan fingerprint density at radius 2 is 1.65 bits per heavy atom. The van der Waals surface area contributed by atoms with E-state index in [1.54, 1.807) is 7.11 Å². The molecule has 1 heterocycles. The molecule has 2 aliphatic rings. The second-order valence-electron chi connectivity index (χ2n) is 9.98. The number of carbonyl (C=O) groups excluding carboxylic acids is 2. The van der Waals surface area contributed by atoms with Crippen LogP contribution in [0.25, 0.3) is 0 Å². The molecular formula is C28H37N3O3. The number of hydrogen-bond acceptors (Lipinski definition) is 4. The molecule has 1 aliphatic carbocycles. The van der Waals surface area contributed by atoms with Crippen LogP contribution in [0, 0.1) is 0 Å². The van der Waals surface area contributed by atoms with E-state index >= 15 is 0 Å². The van der Waals surface area contributed by atoms with Gasteiger partial charge in [-0.15, -0.1) is 0 Å². The van der Waals surface area contributed by atoms with E-state index < -0.39 is 0 Å². The third kappa shape index (κ3) is 4.43. The van der Waals surface area contributed by atoms with E-state index in [-0.39, 0.29) is 29.4 Å². The first kappa shape index (κ1) is 24.3. The summed E-state index contributed by atoms with van der Waals surface area (Å²) >= 11 is 0. The first-order chi connectivity index (χ1) is 16.3. The van der Waals surface area contributed by atoms with E-state index in [0.29, 0.717) is 19.5 Å². The highest BCUT2D eigenvalue weighted by molar-refractivity contribution is 5.87. The van der Waals surface area contributed by atoms with Crippen molar-refractivity contribution < 1.29 is 14.3 Å². The predicted molar refractivity (Wildman–Crippen MR) is 134 cm³/mol. The van der Waals surface area contributed by atoms with Crippen LogP contribution < -0.4 is 4.74 Å². The van der Waals surface area contributed by atoms with Gasteiger partial charge < -0.3 is 14.5 Å². The molecule has 0 radical (unpaired) electrons. The van der Waals surface area contributed by atoms with Crippen LogP contribution in [0.5, 0.6) is 5.75 Å². The Labute approximate surface area is 203 Å². The van der Waals surface area contributed by atoms with Crippen molar-refractivity contribution in [1.29, 1.82) is 0 Å². The number of urea groups is 1. The molecule has 1 saturated heterocycles. The number of carbonyl (C=O) groups is 2. The molecule has 2 fully saturated rings. The van der Waals surface area contributed by atoms with Crippen LogP contribution in [0.2, 0.25) is 0 Å². The Balaban J connectivity index is 1.59. The minimum absolute atomic E-state index is 0.0188. The molecule has 1 spiro atoms. The lowest BCUT2D eigenvalue weighted by molar-refractivity contribution is -0.120. The molecule has 0 aromatic heterocycles. The monoisotopic (exact) mass is 463 g/mol. The average molecular weight is 464 g/mol. The maximum absolute atomic E-state index is 13.6. The summed E-state index contributed by atoms with van der Waals surface area (Å²) < 4.78 is 5.27. The van der Waals surface area contributed by atoms with Crippen molar-refractivity contribution in [3.05, 3.63) is 65.7 Å². The quantitative estimate of drug-likeness (QED) is 0.570. The maximum atomic E-state index is 13.6. The van der Waals surface area contributed by atoms with Crippen molar-refractivity contribution in [3.8, 4) is 5.75 Å². The SMILES string of the molecule is CCC(=O)CN1C(=O)N(Cc2ccc(OC)cc2)CC12CCC(c1ccccc1)(N(C)C)CC2. The lowest BCUT2D eigenvalue weighted by Gasteiger charge is -2.51. The van der Waals surface area contributed by atoms with Crippen molar-refractivity contribution in [2.24, 2.45) is 0 Å². The number of hydrogen-bond donors (Lipinski definition) is 0. The minimum Gasteiger partial charge on any atom is -0.497 e. The maximum Gasteiger partial charge on any atom is 0.321 e. The van der Waals surface area contributed by atoms with Gasteiger partial charge in [-0.1, -0.05) is 49.4 Å². The van der Waals surface area contributed by atoms with Gasteiger partial charge >= 0.3 is 6.03 Å².